The first kappa shape index (κ1) is 11.4. The van der Waals surface area contributed by atoms with Crippen molar-refractivity contribution >= 4 is 15.7 Å². The Kier molecular flexibility index (Phi) is 2.90. The lowest BCUT2D eigenvalue weighted by Gasteiger charge is -2.13. The fourth-order valence-corrected chi connectivity index (χ4v) is 3.00. The van der Waals surface area contributed by atoms with Crippen LogP contribution in [-0.2, 0) is 10.0 Å². The zero-order chi connectivity index (χ0) is 11.8. The van der Waals surface area contributed by atoms with Gasteiger partial charge in [0.15, 0.2) is 0 Å². The van der Waals surface area contributed by atoms with E-state index in [1.807, 2.05) is 24.3 Å². The number of benzene rings is 1. The van der Waals surface area contributed by atoms with Crippen molar-refractivity contribution in [2.75, 3.05) is 25.1 Å². The summed E-state index contributed by atoms with van der Waals surface area (Å²) in [4.78, 5) is 0. The second kappa shape index (κ2) is 4.07. The topological polar surface area (TPSA) is 63.4 Å². The summed E-state index contributed by atoms with van der Waals surface area (Å²) in [5.74, 6) is 0.276. The second-order valence-electron chi connectivity index (χ2n) is 4.28. The van der Waals surface area contributed by atoms with Gasteiger partial charge in [-0.2, -0.15) is 0 Å². The van der Waals surface area contributed by atoms with Gasteiger partial charge in [0.25, 0.3) is 0 Å². The SMILES string of the molecule is CS(=O)(=O)N1CCC(c2cccc(N)c2)C1. The number of rotatable bonds is 2. The van der Waals surface area contributed by atoms with Gasteiger partial charge in [-0.1, -0.05) is 12.1 Å². The number of nitrogens with zero attached hydrogens (tertiary/aromatic N) is 1. The Hall–Kier alpha value is -1.07. The zero-order valence-corrected chi connectivity index (χ0v) is 10.1. The second-order valence-corrected chi connectivity index (χ2v) is 6.26. The van der Waals surface area contributed by atoms with E-state index >= 15 is 0 Å². The van der Waals surface area contributed by atoms with E-state index in [1.54, 1.807) is 0 Å². The summed E-state index contributed by atoms with van der Waals surface area (Å²) in [6.07, 6.45) is 2.13. The molecule has 4 nitrogen and oxygen atoms in total. The standard InChI is InChI=1S/C11H16N2O2S/c1-16(14,15)13-6-5-10(8-13)9-3-2-4-11(12)7-9/h2-4,7,10H,5-6,8,12H2,1H3. The average molecular weight is 240 g/mol. The van der Waals surface area contributed by atoms with Gasteiger partial charge in [0, 0.05) is 18.8 Å². The third-order valence-electron chi connectivity index (χ3n) is 3.00. The monoisotopic (exact) mass is 240 g/mol. The molecule has 0 saturated carbocycles. The molecule has 1 aliphatic heterocycles. The maximum Gasteiger partial charge on any atom is 0.211 e. The molecule has 88 valence electrons. The molecule has 1 aliphatic rings. The molecule has 0 aliphatic carbocycles. The Morgan fingerprint density at radius 2 is 2.19 bits per heavy atom. The Morgan fingerprint density at radius 1 is 1.44 bits per heavy atom. The van der Waals surface area contributed by atoms with E-state index in [-0.39, 0.29) is 5.92 Å². The van der Waals surface area contributed by atoms with Gasteiger partial charge in [-0.3, -0.25) is 0 Å². The van der Waals surface area contributed by atoms with Crippen LogP contribution in [0.5, 0.6) is 0 Å². The number of nitrogen functional groups attached to an aromatic ring is 1. The first-order valence-corrected chi connectivity index (χ1v) is 7.12. The Bertz CT molecular complexity index is 485. The van der Waals surface area contributed by atoms with Crippen LogP contribution >= 0.6 is 0 Å². The lowest BCUT2D eigenvalue weighted by atomic mass is 9.98. The van der Waals surface area contributed by atoms with Gasteiger partial charge in [0.05, 0.1) is 6.26 Å². The van der Waals surface area contributed by atoms with Crippen molar-refractivity contribution in [3.8, 4) is 0 Å². The van der Waals surface area contributed by atoms with Crippen LogP contribution in [-0.4, -0.2) is 32.1 Å². The maximum atomic E-state index is 11.4. The third-order valence-corrected chi connectivity index (χ3v) is 4.27. The van der Waals surface area contributed by atoms with E-state index in [2.05, 4.69) is 0 Å². The molecule has 0 aromatic heterocycles. The van der Waals surface area contributed by atoms with Crippen LogP contribution in [0.15, 0.2) is 24.3 Å². The van der Waals surface area contributed by atoms with Gasteiger partial charge in [0.2, 0.25) is 10.0 Å². The minimum atomic E-state index is -3.05. The van der Waals surface area contributed by atoms with E-state index in [0.717, 1.165) is 17.7 Å². The van der Waals surface area contributed by atoms with Crippen LogP contribution in [0, 0.1) is 0 Å². The molecular weight excluding hydrogens is 224 g/mol. The minimum absolute atomic E-state index is 0.276. The summed E-state index contributed by atoms with van der Waals surface area (Å²) >= 11 is 0. The van der Waals surface area contributed by atoms with Crippen molar-refractivity contribution in [2.45, 2.75) is 12.3 Å². The molecule has 1 aromatic carbocycles. The summed E-state index contributed by atoms with van der Waals surface area (Å²) in [5.41, 5.74) is 7.58. The summed E-state index contributed by atoms with van der Waals surface area (Å²) < 4.78 is 24.3. The summed E-state index contributed by atoms with van der Waals surface area (Å²) in [6.45, 7) is 1.18. The van der Waals surface area contributed by atoms with E-state index in [0.29, 0.717) is 13.1 Å². The molecule has 1 atom stereocenters. The van der Waals surface area contributed by atoms with Crippen molar-refractivity contribution in [3.05, 3.63) is 29.8 Å². The van der Waals surface area contributed by atoms with Crippen molar-refractivity contribution in [3.63, 3.8) is 0 Å². The van der Waals surface area contributed by atoms with Gasteiger partial charge in [-0.05, 0) is 30.0 Å². The predicted octanol–water partition coefficient (Wildman–Crippen LogP) is 1.02. The fourth-order valence-electron chi connectivity index (χ4n) is 2.11. The molecule has 0 radical (unpaired) electrons. The quantitative estimate of drug-likeness (QED) is 0.785. The van der Waals surface area contributed by atoms with E-state index in [9.17, 15) is 8.42 Å². The molecule has 1 saturated heterocycles. The highest BCUT2D eigenvalue weighted by molar-refractivity contribution is 7.88. The van der Waals surface area contributed by atoms with E-state index in [1.165, 1.54) is 10.6 Å². The lowest BCUT2D eigenvalue weighted by Crippen LogP contribution is -2.27. The van der Waals surface area contributed by atoms with Crippen LogP contribution in [0.4, 0.5) is 5.69 Å². The molecule has 2 rings (SSSR count). The molecular formula is C11H16N2O2S. The third kappa shape index (κ3) is 2.36. The molecule has 0 bridgehead atoms. The molecule has 1 heterocycles. The minimum Gasteiger partial charge on any atom is -0.399 e. The number of anilines is 1. The molecule has 1 fully saturated rings. The highest BCUT2D eigenvalue weighted by atomic mass is 32.2. The highest BCUT2D eigenvalue weighted by Gasteiger charge is 2.29. The lowest BCUT2D eigenvalue weighted by molar-refractivity contribution is 0.478. The summed E-state index contributed by atoms with van der Waals surface area (Å²) in [6, 6.07) is 7.68. The van der Waals surface area contributed by atoms with Crippen molar-refractivity contribution < 1.29 is 8.42 Å². The van der Waals surface area contributed by atoms with Crippen molar-refractivity contribution in [1.29, 1.82) is 0 Å². The van der Waals surface area contributed by atoms with Crippen LogP contribution in [0.2, 0.25) is 0 Å². The van der Waals surface area contributed by atoms with Crippen LogP contribution in [0.1, 0.15) is 17.9 Å². The highest BCUT2D eigenvalue weighted by Crippen LogP contribution is 2.29. The molecule has 1 unspecified atom stereocenters. The summed E-state index contributed by atoms with van der Waals surface area (Å²) in [5, 5.41) is 0. The summed E-state index contributed by atoms with van der Waals surface area (Å²) in [7, 11) is -3.05. The van der Waals surface area contributed by atoms with Gasteiger partial charge in [-0.25, -0.2) is 12.7 Å². The van der Waals surface area contributed by atoms with Crippen molar-refractivity contribution in [2.24, 2.45) is 0 Å². The molecule has 2 N–H and O–H groups in total. The van der Waals surface area contributed by atoms with Gasteiger partial charge >= 0.3 is 0 Å². The van der Waals surface area contributed by atoms with Gasteiger partial charge in [0.1, 0.15) is 0 Å². The zero-order valence-electron chi connectivity index (χ0n) is 9.26. The Balaban J connectivity index is 2.15. The van der Waals surface area contributed by atoms with Gasteiger partial charge < -0.3 is 5.73 Å². The molecule has 0 spiro atoms. The molecule has 1 aromatic rings. The molecule has 16 heavy (non-hydrogen) atoms. The van der Waals surface area contributed by atoms with E-state index < -0.39 is 10.0 Å². The number of sulfonamides is 1. The first-order chi connectivity index (χ1) is 7.47. The molecule has 5 heteroatoms. The normalized spacial score (nSPS) is 22.4. The fraction of sp³-hybridized carbons (Fsp3) is 0.455. The Labute approximate surface area is 96.1 Å². The first-order valence-electron chi connectivity index (χ1n) is 5.27. The molecule has 0 amide bonds. The smallest absolute Gasteiger partial charge is 0.211 e. The number of nitrogens with two attached hydrogens (primary N) is 1. The number of hydrogen-bond acceptors (Lipinski definition) is 3. The Morgan fingerprint density at radius 3 is 2.75 bits per heavy atom. The average Bonchev–Trinajstić information content (AvgIpc) is 2.65. The maximum absolute atomic E-state index is 11.4. The van der Waals surface area contributed by atoms with Crippen molar-refractivity contribution in [1.82, 2.24) is 4.31 Å². The van der Waals surface area contributed by atoms with Crippen LogP contribution < -0.4 is 5.73 Å². The van der Waals surface area contributed by atoms with E-state index in [4.69, 9.17) is 5.73 Å². The predicted molar refractivity (Wildman–Crippen MR) is 64.6 cm³/mol. The number of hydrogen-bond donors (Lipinski definition) is 1. The van der Waals surface area contributed by atoms with Crippen LogP contribution in [0.3, 0.4) is 0 Å². The van der Waals surface area contributed by atoms with Crippen LogP contribution in [0.25, 0.3) is 0 Å². The largest absolute Gasteiger partial charge is 0.399 e. The van der Waals surface area contributed by atoms with Gasteiger partial charge in [-0.15, -0.1) is 0 Å².